The summed E-state index contributed by atoms with van der Waals surface area (Å²) in [6.45, 7) is 2.55. The van der Waals surface area contributed by atoms with Gasteiger partial charge in [-0.15, -0.1) is 5.10 Å². The number of rotatable bonds is 5. The van der Waals surface area contributed by atoms with Crippen LogP contribution < -0.4 is 11.1 Å². The van der Waals surface area contributed by atoms with Crippen molar-refractivity contribution in [2.24, 2.45) is 0 Å². The number of nitrogens with two attached hydrogens (primary N) is 1. The van der Waals surface area contributed by atoms with Crippen LogP contribution in [0, 0.1) is 6.92 Å². The van der Waals surface area contributed by atoms with Gasteiger partial charge in [-0.2, -0.15) is 4.98 Å². The van der Waals surface area contributed by atoms with Gasteiger partial charge in [-0.25, -0.2) is 9.67 Å². The minimum Gasteiger partial charge on any atom is -0.383 e. The lowest BCUT2D eigenvalue weighted by molar-refractivity contribution is 0.897. The van der Waals surface area contributed by atoms with Crippen molar-refractivity contribution in [3.63, 3.8) is 0 Å². The lowest BCUT2D eigenvalue weighted by Crippen LogP contribution is -2.06. The van der Waals surface area contributed by atoms with Crippen LogP contribution in [0.3, 0.4) is 0 Å². The summed E-state index contributed by atoms with van der Waals surface area (Å²) in [4.78, 5) is 13.8. The Labute approximate surface area is 179 Å². The molecule has 152 valence electrons. The molecule has 0 atom stereocenters. The molecule has 5 aromatic rings. The fraction of sp³-hybridized carbons (Fsp3) is 0.0833. The van der Waals surface area contributed by atoms with Crippen LogP contribution in [0.5, 0.6) is 0 Å². The maximum Gasteiger partial charge on any atom is 0.225 e. The third kappa shape index (κ3) is 3.69. The first-order valence-corrected chi connectivity index (χ1v) is 10.0. The molecule has 0 spiro atoms. The second kappa shape index (κ2) is 7.87. The van der Waals surface area contributed by atoms with Gasteiger partial charge in [0.05, 0.1) is 29.0 Å². The lowest BCUT2D eigenvalue weighted by Gasteiger charge is -2.08. The zero-order valence-electron chi connectivity index (χ0n) is 17.0. The molecule has 7 nitrogen and oxygen atoms in total. The summed E-state index contributed by atoms with van der Waals surface area (Å²) in [5, 5.41) is 8.71. The Kier molecular flexibility index (Phi) is 4.76. The molecule has 0 amide bonds. The molecule has 0 aliphatic heterocycles. The highest BCUT2D eigenvalue weighted by Gasteiger charge is 2.19. The SMILES string of the molecule is Cc1cccc(-n2nc3nc(NCc4ccccn4)nc(-c4ccccc4)c3c2N)c1. The van der Waals surface area contributed by atoms with Crippen LogP contribution in [0.25, 0.3) is 28.0 Å². The van der Waals surface area contributed by atoms with Crippen molar-refractivity contribution in [1.82, 2.24) is 24.7 Å². The number of aromatic nitrogens is 5. The van der Waals surface area contributed by atoms with E-state index < -0.39 is 0 Å². The third-order valence-corrected chi connectivity index (χ3v) is 5.02. The number of pyridine rings is 1. The molecule has 3 N–H and O–H groups in total. The predicted molar refractivity (Wildman–Crippen MR) is 123 cm³/mol. The quantitative estimate of drug-likeness (QED) is 0.449. The minimum atomic E-state index is 0.478. The van der Waals surface area contributed by atoms with Gasteiger partial charge < -0.3 is 11.1 Å². The first-order valence-electron chi connectivity index (χ1n) is 10.0. The van der Waals surface area contributed by atoms with E-state index in [1.54, 1.807) is 10.9 Å². The number of nitrogens with one attached hydrogen (secondary N) is 1. The Bertz CT molecular complexity index is 1350. The van der Waals surface area contributed by atoms with Crippen LogP contribution in [0.2, 0.25) is 0 Å². The second-order valence-corrected chi connectivity index (χ2v) is 7.27. The zero-order chi connectivity index (χ0) is 21.2. The number of nitrogen functional groups attached to an aromatic ring is 1. The molecule has 0 bridgehead atoms. The van der Waals surface area contributed by atoms with E-state index in [0.29, 0.717) is 24.0 Å². The van der Waals surface area contributed by atoms with E-state index in [9.17, 15) is 0 Å². The normalized spacial score (nSPS) is 11.0. The van der Waals surface area contributed by atoms with E-state index in [0.717, 1.165) is 33.6 Å². The average Bonchev–Trinajstić information content (AvgIpc) is 3.15. The molecule has 0 unspecified atom stereocenters. The number of fused-ring (bicyclic) bond motifs is 1. The number of nitrogens with zero attached hydrogens (tertiary/aromatic N) is 5. The van der Waals surface area contributed by atoms with Crippen LogP contribution in [-0.2, 0) is 6.54 Å². The highest BCUT2D eigenvalue weighted by atomic mass is 15.3. The summed E-state index contributed by atoms with van der Waals surface area (Å²) in [5.74, 6) is 0.988. The van der Waals surface area contributed by atoms with Crippen molar-refractivity contribution >= 4 is 22.8 Å². The highest BCUT2D eigenvalue weighted by molar-refractivity contribution is 5.99. The number of hydrogen-bond acceptors (Lipinski definition) is 6. The molecule has 31 heavy (non-hydrogen) atoms. The van der Waals surface area contributed by atoms with Crippen LogP contribution in [0.4, 0.5) is 11.8 Å². The maximum atomic E-state index is 6.56. The Hall–Kier alpha value is -4.26. The van der Waals surface area contributed by atoms with Crippen molar-refractivity contribution in [2.45, 2.75) is 13.5 Å². The molecule has 7 heteroatoms. The summed E-state index contributed by atoms with van der Waals surface area (Å²) >= 11 is 0. The molecule has 0 saturated heterocycles. The van der Waals surface area contributed by atoms with Gasteiger partial charge in [0.2, 0.25) is 5.95 Å². The number of benzene rings is 2. The number of aryl methyl sites for hydroxylation is 1. The molecule has 0 radical (unpaired) electrons. The van der Waals surface area contributed by atoms with Gasteiger partial charge in [0, 0.05) is 11.8 Å². The van der Waals surface area contributed by atoms with E-state index in [4.69, 9.17) is 15.8 Å². The van der Waals surface area contributed by atoms with Crippen LogP contribution >= 0.6 is 0 Å². The van der Waals surface area contributed by atoms with Gasteiger partial charge in [-0.05, 0) is 36.8 Å². The summed E-state index contributed by atoms with van der Waals surface area (Å²) in [5.41, 5.74) is 11.7. The van der Waals surface area contributed by atoms with Gasteiger partial charge in [-0.1, -0.05) is 48.5 Å². The highest BCUT2D eigenvalue weighted by Crippen LogP contribution is 2.32. The molecule has 3 heterocycles. The molecule has 0 saturated carbocycles. The Balaban J connectivity index is 1.65. The van der Waals surface area contributed by atoms with Crippen molar-refractivity contribution in [3.05, 3.63) is 90.3 Å². The number of anilines is 2. The van der Waals surface area contributed by atoms with E-state index in [2.05, 4.69) is 15.3 Å². The zero-order valence-corrected chi connectivity index (χ0v) is 17.0. The molecular formula is C24H21N7. The van der Waals surface area contributed by atoms with Crippen molar-refractivity contribution in [3.8, 4) is 16.9 Å². The van der Waals surface area contributed by atoms with Gasteiger partial charge in [0.1, 0.15) is 5.82 Å². The fourth-order valence-corrected chi connectivity index (χ4v) is 3.52. The van der Waals surface area contributed by atoms with Crippen molar-refractivity contribution in [1.29, 1.82) is 0 Å². The first kappa shape index (κ1) is 18.7. The van der Waals surface area contributed by atoms with Crippen molar-refractivity contribution in [2.75, 3.05) is 11.1 Å². The third-order valence-electron chi connectivity index (χ3n) is 5.02. The largest absolute Gasteiger partial charge is 0.383 e. The van der Waals surface area contributed by atoms with Gasteiger partial charge in [-0.3, -0.25) is 4.98 Å². The minimum absolute atomic E-state index is 0.478. The Morgan fingerprint density at radius 1 is 0.935 bits per heavy atom. The van der Waals surface area contributed by atoms with Gasteiger partial charge in [0.25, 0.3) is 0 Å². The average molecular weight is 407 g/mol. The monoisotopic (exact) mass is 407 g/mol. The smallest absolute Gasteiger partial charge is 0.225 e. The maximum absolute atomic E-state index is 6.56. The molecule has 2 aromatic carbocycles. The van der Waals surface area contributed by atoms with E-state index in [1.807, 2.05) is 79.7 Å². The van der Waals surface area contributed by atoms with Gasteiger partial charge in [0.15, 0.2) is 5.65 Å². The fourth-order valence-electron chi connectivity index (χ4n) is 3.52. The Morgan fingerprint density at radius 2 is 1.77 bits per heavy atom. The summed E-state index contributed by atoms with van der Waals surface area (Å²) in [6.07, 6.45) is 1.76. The molecule has 0 aliphatic rings. The predicted octanol–water partition coefficient (Wildman–Crippen LogP) is 4.38. The van der Waals surface area contributed by atoms with Crippen LogP contribution in [0.15, 0.2) is 79.0 Å². The second-order valence-electron chi connectivity index (χ2n) is 7.27. The summed E-state index contributed by atoms with van der Waals surface area (Å²) < 4.78 is 1.72. The first-order chi connectivity index (χ1) is 15.2. The number of hydrogen-bond donors (Lipinski definition) is 2. The topological polar surface area (TPSA) is 94.5 Å². The van der Waals surface area contributed by atoms with E-state index in [-0.39, 0.29) is 0 Å². The van der Waals surface area contributed by atoms with Gasteiger partial charge >= 0.3 is 0 Å². The summed E-state index contributed by atoms with van der Waals surface area (Å²) in [6, 6.07) is 23.8. The van der Waals surface area contributed by atoms with Crippen LogP contribution in [0.1, 0.15) is 11.3 Å². The molecule has 0 fully saturated rings. The van der Waals surface area contributed by atoms with E-state index >= 15 is 0 Å². The molecule has 0 aliphatic carbocycles. The molecular weight excluding hydrogens is 386 g/mol. The van der Waals surface area contributed by atoms with Crippen LogP contribution in [-0.4, -0.2) is 24.7 Å². The summed E-state index contributed by atoms with van der Waals surface area (Å²) in [7, 11) is 0. The van der Waals surface area contributed by atoms with Crippen molar-refractivity contribution < 1.29 is 0 Å². The standard InChI is InChI=1S/C24H21N7/c1-16-8-7-12-19(14-16)31-22(25)20-21(17-9-3-2-4-10-17)28-24(29-23(20)30-31)27-15-18-11-5-6-13-26-18/h2-14H,15,25H2,1H3,(H,27,29,30). The Morgan fingerprint density at radius 3 is 2.55 bits per heavy atom. The lowest BCUT2D eigenvalue weighted by atomic mass is 10.1. The molecule has 5 rings (SSSR count). The molecule has 3 aromatic heterocycles. The van der Waals surface area contributed by atoms with E-state index in [1.165, 1.54) is 0 Å².